The quantitative estimate of drug-likeness (QED) is 0.867. The van der Waals surface area contributed by atoms with Crippen molar-refractivity contribution in [1.29, 1.82) is 0 Å². The van der Waals surface area contributed by atoms with Crippen LogP contribution in [0.1, 0.15) is 12.8 Å². The zero-order valence-corrected chi connectivity index (χ0v) is 14.3. The highest BCUT2D eigenvalue weighted by Crippen LogP contribution is 2.28. The molecule has 1 aromatic carbocycles. The lowest BCUT2D eigenvalue weighted by molar-refractivity contribution is 0.0513. The van der Waals surface area contributed by atoms with Crippen LogP contribution in [0.5, 0.6) is 5.75 Å². The summed E-state index contributed by atoms with van der Waals surface area (Å²) in [6, 6.07) is 7.79. The molecule has 124 valence electrons. The number of piperidine rings is 1. The normalized spacial score (nSPS) is 19.0. The van der Waals surface area contributed by atoms with E-state index in [4.69, 9.17) is 17.0 Å². The zero-order valence-electron chi connectivity index (χ0n) is 13.5. The Labute approximate surface area is 140 Å². The molecule has 0 bridgehead atoms. The van der Waals surface area contributed by atoms with E-state index in [-0.39, 0.29) is 6.10 Å². The summed E-state index contributed by atoms with van der Waals surface area (Å²) in [5.41, 5.74) is 0.918. The van der Waals surface area contributed by atoms with Crippen LogP contribution < -0.4 is 4.74 Å². The Kier molecular flexibility index (Phi) is 4.79. The van der Waals surface area contributed by atoms with Crippen molar-refractivity contribution in [3.05, 3.63) is 29.0 Å². The maximum Gasteiger partial charge on any atom is 0.199 e. The Bertz CT molecular complexity index is 740. The van der Waals surface area contributed by atoms with E-state index in [1.54, 1.807) is 7.11 Å². The van der Waals surface area contributed by atoms with Crippen LogP contribution in [0.3, 0.4) is 0 Å². The molecule has 0 spiro atoms. The standard InChI is InChI=1S/C16H22N4O2S/c1-18-15(13-7-3-4-8-14(13)22-2)17-20(16(18)23)11-19-9-5-6-12(21)10-19/h3-4,7-8,12,21H,5-6,9-11H2,1-2H3/t12-/m1/s1. The summed E-state index contributed by atoms with van der Waals surface area (Å²) < 4.78 is 9.80. The van der Waals surface area contributed by atoms with Gasteiger partial charge in [0.05, 0.1) is 25.4 Å². The highest BCUT2D eigenvalue weighted by molar-refractivity contribution is 7.71. The molecule has 1 aliphatic heterocycles. The highest BCUT2D eigenvalue weighted by atomic mass is 32.1. The molecule has 0 saturated carbocycles. The SMILES string of the molecule is COc1ccccc1-c1nn(CN2CCC[C@@H](O)C2)c(=S)n1C. The summed E-state index contributed by atoms with van der Waals surface area (Å²) >= 11 is 5.52. The second kappa shape index (κ2) is 6.82. The number of rotatable bonds is 4. The number of para-hydroxylation sites is 1. The third kappa shape index (κ3) is 3.31. The summed E-state index contributed by atoms with van der Waals surface area (Å²) in [5, 5.41) is 14.5. The van der Waals surface area contributed by atoms with E-state index in [9.17, 15) is 5.11 Å². The molecule has 1 atom stereocenters. The fourth-order valence-electron chi connectivity index (χ4n) is 2.99. The predicted octanol–water partition coefficient (Wildman–Crippen LogP) is 2.04. The molecule has 1 aromatic heterocycles. The van der Waals surface area contributed by atoms with Crippen molar-refractivity contribution >= 4 is 12.2 Å². The number of β-amino-alcohol motifs (C(OH)–C–C–N with tert-alkyl or cyclic N) is 1. The van der Waals surface area contributed by atoms with Crippen LogP contribution >= 0.6 is 12.2 Å². The van der Waals surface area contributed by atoms with E-state index in [0.717, 1.165) is 36.5 Å². The van der Waals surface area contributed by atoms with Gasteiger partial charge in [0.15, 0.2) is 10.6 Å². The number of methoxy groups -OCH3 is 1. The lowest BCUT2D eigenvalue weighted by atomic mass is 10.1. The molecule has 0 aliphatic carbocycles. The van der Waals surface area contributed by atoms with Gasteiger partial charge >= 0.3 is 0 Å². The molecule has 1 N–H and O–H groups in total. The largest absolute Gasteiger partial charge is 0.496 e. The maximum atomic E-state index is 9.81. The maximum absolute atomic E-state index is 9.81. The molecule has 1 fully saturated rings. The van der Waals surface area contributed by atoms with Gasteiger partial charge in [0.25, 0.3) is 0 Å². The molecule has 6 nitrogen and oxygen atoms in total. The van der Waals surface area contributed by atoms with Crippen LogP contribution in [0.25, 0.3) is 11.4 Å². The molecule has 1 saturated heterocycles. The summed E-state index contributed by atoms with van der Waals surface area (Å²) in [7, 11) is 3.57. The second-order valence-corrected chi connectivity index (χ2v) is 6.24. The topological polar surface area (TPSA) is 55.4 Å². The van der Waals surface area contributed by atoms with Crippen molar-refractivity contribution in [2.45, 2.75) is 25.6 Å². The third-order valence-electron chi connectivity index (χ3n) is 4.20. The number of benzene rings is 1. The summed E-state index contributed by atoms with van der Waals surface area (Å²) in [6.07, 6.45) is 1.62. The van der Waals surface area contributed by atoms with E-state index in [0.29, 0.717) is 18.0 Å². The molecule has 3 rings (SSSR count). The van der Waals surface area contributed by atoms with Gasteiger partial charge in [-0.05, 0) is 37.2 Å². The van der Waals surface area contributed by atoms with Gasteiger partial charge in [-0.2, -0.15) is 5.10 Å². The molecular formula is C16H22N4O2S. The third-order valence-corrected chi connectivity index (χ3v) is 4.69. The number of nitrogens with zero attached hydrogens (tertiary/aromatic N) is 4. The number of aliphatic hydroxyl groups excluding tert-OH is 1. The van der Waals surface area contributed by atoms with E-state index in [2.05, 4.69) is 10.00 Å². The van der Waals surface area contributed by atoms with E-state index < -0.39 is 0 Å². The van der Waals surface area contributed by atoms with Crippen LogP contribution in [0.4, 0.5) is 0 Å². The molecule has 0 radical (unpaired) electrons. The van der Waals surface area contributed by atoms with Crippen LogP contribution in [0.15, 0.2) is 24.3 Å². The summed E-state index contributed by atoms with van der Waals surface area (Å²) in [6.45, 7) is 2.22. The Morgan fingerprint density at radius 2 is 2.17 bits per heavy atom. The first-order chi connectivity index (χ1) is 11.1. The highest BCUT2D eigenvalue weighted by Gasteiger charge is 2.20. The Morgan fingerprint density at radius 3 is 2.91 bits per heavy atom. The second-order valence-electron chi connectivity index (χ2n) is 5.88. The average Bonchev–Trinajstić information content (AvgIpc) is 2.83. The van der Waals surface area contributed by atoms with Gasteiger partial charge in [0.2, 0.25) is 0 Å². The Morgan fingerprint density at radius 1 is 1.39 bits per heavy atom. The number of aliphatic hydroxyl groups is 1. The number of hydrogen-bond acceptors (Lipinski definition) is 5. The molecule has 2 aromatic rings. The average molecular weight is 334 g/mol. The van der Waals surface area contributed by atoms with Gasteiger partial charge < -0.3 is 14.4 Å². The molecule has 7 heteroatoms. The monoisotopic (exact) mass is 334 g/mol. The number of hydrogen-bond donors (Lipinski definition) is 1. The minimum absolute atomic E-state index is 0.254. The van der Waals surface area contributed by atoms with Crippen molar-refractivity contribution in [3.8, 4) is 17.1 Å². The smallest absolute Gasteiger partial charge is 0.199 e. The van der Waals surface area contributed by atoms with E-state index in [1.807, 2.05) is 40.6 Å². The summed E-state index contributed by atoms with van der Waals surface area (Å²) in [5.74, 6) is 1.56. The molecular weight excluding hydrogens is 312 g/mol. The van der Waals surface area contributed by atoms with Gasteiger partial charge in [-0.1, -0.05) is 12.1 Å². The van der Waals surface area contributed by atoms with Crippen LogP contribution in [-0.2, 0) is 13.7 Å². The Balaban J connectivity index is 1.91. The van der Waals surface area contributed by atoms with Crippen molar-refractivity contribution < 1.29 is 9.84 Å². The predicted molar refractivity (Wildman–Crippen MR) is 90.8 cm³/mol. The van der Waals surface area contributed by atoms with Gasteiger partial charge in [-0.3, -0.25) is 4.90 Å². The lowest BCUT2D eigenvalue weighted by Gasteiger charge is -2.29. The fraction of sp³-hybridized carbons (Fsp3) is 0.500. The van der Waals surface area contributed by atoms with Gasteiger partial charge in [-0.15, -0.1) is 0 Å². The van der Waals surface area contributed by atoms with Crippen molar-refractivity contribution in [2.75, 3.05) is 20.2 Å². The minimum atomic E-state index is -0.254. The van der Waals surface area contributed by atoms with Crippen molar-refractivity contribution in [1.82, 2.24) is 19.2 Å². The molecule has 0 amide bonds. The van der Waals surface area contributed by atoms with Crippen molar-refractivity contribution in [3.63, 3.8) is 0 Å². The molecule has 0 unspecified atom stereocenters. The first kappa shape index (κ1) is 16.2. The van der Waals surface area contributed by atoms with Crippen LogP contribution in [-0.4, -0.2) is 50.7 Å². The minimum Gasteiger partial charge on any atom is -0.496 e. The fourth-order valence-corrected chi connectivity index (χ4v) is 3.18. The van der Waals surface area contributed by atoms with E-state index >= 15 is 0 Å². The number of ether oxygens (including phenoxy) is 1. The lowest BCUT2D eigenvalue weighted by Crippen LogP contribution is -2.39. The first-order valence-corrected chi connectivity index (χ1v) is 8.18. The number of aromatic nitrogens is 3. The summed E-state index contributed by atoms with van der Waals surface area (Å²) in [4.78, 5) is 2.18. The van der Waals surface area contributed by atoms with Gasteiger partial charge in [-0.25, -0.2) is 4.68 Å². The van der Waals surface area contributed by atoms with E-state index in [1.165, 1.54) is 0 Å². The first-order valence-electron chi connectivity index (χ1n) is 7.78. The molecule has 23 heavy (non-hydrogen) atoms. The van der Waals surface area contributed by atoms with Crippen LogP contribution in [0.2, 0.25) is 0 Å². The molecule has 1 aliphatic rings. The van der Waals surface area contributed by atoms with Crippen LogP contribution in [0, 0.1) is 4.77 Å². The van der Waals surface area contributed by atoms with Gasteiger partial charge in [0, 0.05) is 20.1 Å². The number of likely N-dealkylation sites (tertiary alicyclic amines) is 1. The molecule has 2 heterocycles. The zero-order chi connectivity index (χ0) is 16.4. The van der Waals surface area contributed by atoms with Crippen molar-refractivity contribution in [2.24, 2.45) is 7.05 Å². The van der Waals surface area contributed by atoms with Gasteiger partial charge in [0.1, 0.15) is 5.75 Å². The Hall–Kier alpha value is -1.70.